The van der Waals surface area contributed by atoms with Gasteiger partial charge in [-0.25, -0.2) is 0 Å². The summed E-state index contributed by atoms with van der Waals surface area (Å²) in [6.07, 6.45) is 2.07. The lowest BCUT2D eigenvalue weighted by Gasteiger charge is -2.12. The molecule has 0 saturated carbocycles. The van der Waals surface area contributed by atoms with Crippen LogP contribution in [0.15, 0.2) is 46.3 Å². The number of benzene rings is 1. The normalized spacial score (nSPS) is 12.5. The third-order valence-electron chi connectivity index (χ3n) is 2.97. The molecule has 0 aliphatic heterocycles. The minimum absolute atomic E-state index is 0.212. The zero-order chi connectivity index (χ0) is 13.5. The number of halogens is 1. The molecular formula is C15H19BrN2S. The Labute approximate surface area is 127 Å². The van der Waals surface area contributed by atoms with Gasteiger partial charge >= 0.3 is 0 Å². The average molecular weight is 339 g/mol. The fourth-order valence-corrected chi connectivity index (χ4v) is 3.35. The first-order chi connectivity index (χ1) is 9.24. The lowest BCUT2D eigenvalue weighted by Crippen LogP contribution is -2.33. The van der Waals surface area contributed by atoms with E-state index >= 15 is 0 Å². The molecule has 0 spiro atoms. The van der Waals surface area contributed by atoms with Crippen molar-refractivity contribution in [3.8, 4) is 0 Å². The second-order valence-electron chi connectivity index (χ2n) is 4.65. The highest BCUT2D eigenvalue weighted by Crippen LogP contribution is 2.19. The van der Waals surface area contributed by atoms with E-state index in [9.17, 15) is 0 Å². The van der Waals surface area contributed by atoms with Crippen LogP contribution in [-0.4, -0.2) is 12.6 Å². The molecule has 1 unspecified atom stereocenters. The van der Waals surface area contributed by atoms with Crippen molar-refractivity contribution in [2.24, 2.45) is 5.73 Å². The van der Waals surface area contributed by atoms with Gasteiger partial charge in [0, 0.05) is 33.9 Å². The summed E-state index contributed by atoms with van der Waals surface area (Å²) in [6.45, 7) is 1.76. The Hall–Kier alpha value is -0.680. The van der Waals surface area contributed by atoms with Gasteiger partial charge in [0.25, 0.3) is 0 Å². The first-order valence-corrected chi connectivity index (χ1v) is 8.14. The van der Waals surface area contributed by atoms with Gasteiger partial charge in [-0.3, -0.25) is 0 Å². The zero-order valence-electron chi connectivity index (χ0n) is 10.8. The summed E-state index contributed by atoms with van der Waals surface area (Å²) in [7, 11) is 0. The van der Waals surface area contributed by atoms with Gasteiger partial charge in [0.1, 0.15) is 0 Å². The molecule has 1 aromatic heterocycles. The van der Waals surface area contributed by atoms with Crippen LogP contribution in [0.1, 0.15) is 16.9 Å². The van der Waals surface area contributed by atoms with Crippen molar-refractivity contribution in [3.63, 3.8) is 0 Å². The molecule has 1 atom stereocenters. The Kier molecular flexibility index (Phi) is 6.04. The fourth-order valence-electron chi connectivity index (χ4n) is 1.93. The second kappa shape index (κ2) is 7.80. The maximum Gasteiger partial charge on any atom is 0.0300 e. The molecule has 2 nitrogen and oxygen atoms in total. The average Bonchev–Trinajstić information content (AvgIpc) is 2.83. The van der Waals surface area contributed by atoms with E-state index < -0.39 is 0 Å². The minimum Gasteiger partial charge on any atom is -0.327 e. The van der Waals surface area contributed by atoms with E-state index in [-0.39, 0.29) is 6.04 Å². The van der Waals surface area contributed by atoms with Crippen LogP contribution < -0.4 is 11.1 Å². The van der Waals surface area contributed by atoms with Crippen LogP contribution in [0.3, 0.4) is 0 Å². The molecule has 102 valence electrons. The molecule has 2 rings (SSSR count). The minimum atomic E-state index is 0.212. The predicted octanol–water partition coefficient (Wildman–Crippen LogP) is 3.56. The van der Waals surface area contributed by atoms with Gasteiger partial charge in [0.2, 0.25) is 0 Å². The Morgan fingerprint density at radius 2 is 2.05 bits per heavy atom. The molecule has 0 bridgehead atoms. The molecule has 0 aliphatic rings. The molecule has 19 heavy (non-hydrogen) atoms. The first kappa shape index (κ1) is 14.7. The maximum atomic E-state index is 6.12. The van der Waals surface area contributed by atoms with Gasteiger partial charge in [-0.1, -0.05) is 30.3 Å². The van der Waals surface area contributed by atoms with Crippen LogP contribution >= 0.6 is 27.3 Å². The summed E-state index contributed by atoms with van der Waals surface area (Å²) in [5.41, 5.74) is 7.48. The molecule has 0 radical (unpaired) electrons. The summed E-state index contributed by atoms with van der Waals surface area (Å²) < 4.78 is 1.16. The SMILES string of the molecule is NC(CCc1ccccc1)CNCc1cc(Br)cs1. The maximum absolute atomic E-state index is 6.12. The molecular weight excluding hydrogens is 320 g/mol. The molecule has 3 N–H and O–H groups in total. The topological polar surface area (TPSA) is 38.0 Å². The molecule has 1 aromatic carbocycles. The molecule has 1 heterocycles. The highest BCUT2D eigenvalue weighted by Gasteiger charge is 2.03. The number of aryl methyl sites for hydroxylation is 1. The van der Waals surface area contributed by atoms with E-state index in [0.717, 1.165) is 30.4 Å². The number of nitrogens with two attached hydrogens (primary N) is 1. The number of hydrogen-bond donors (Lipinski definition) is 2. The van der Waals surface area contributed by atoms with Crippen molar-refractivity contribution in [2.75, 3.05) is 6.54 Å². The summed E-state index contributed by atoms with van der Waals surface area (Å²) in [4.78, 5) is 1.34. The lowest BCUT2D eigenvalue weighted by atomic mass is 10.1. The molecule has 0 saturated heterocycles. The van der Waals surface area contributed by atoms with E-state index in [2.05, 4.69) is 57.0 Å². The number of nitrogens with one attached hydrogen (secondary N) is 1. The van der Waals surface area contributed by atoms with Crippen molar-refractivity contribution in [3.05, 3.63) is 56.7 Å². The van der Waals surface area contributed by atoms with Gasteiger partial charge in [0.15, 0.2) is 0 Å². The van der Waals surface area contributed by atoms with Gasteiger partial charge in [-0.15, -0.1) is 11.3 Å². The fraction of sp³-hybridized carbons (Fsp3) is 0.333. The third kappa shape index (κ3) is 5.45. The van der Waals surface area contributed by atoms with Crippen molar-refractivity contribution in [2.45, 2.75) is 25.4 Å². The number of rotatable bonds is 7. The smallest absolute Gasteiger partial charge is 0.0300 e. The molecule has 4 heteroatoms. The van der Waals surface area contributed by atoms with E-state index in [1.54, 1.807) is 11.3 Å². The zero-order valence-corrected chi connectivity index (χ0v) is 13.2. The molecule has 2 aromatic rings. The number of hydrogen-bond acceptors (Lipinski definition) is 3. The van der Waals surface area contributed by atoms with Gasteiger partial charge < -0.3 is 11.1 Å². The quantitative estimate of drug-likeness (QED) is 0.809. The van der Waals surface area contributed by atoms with Crippen LogP contribution in [-0.2, 0) is 13.0 Å². The van der Waals surface area contributed by atoms with E-state index in [4.69, 9.17) is 5.73 Å². The molecule has 0 aliphatic carbocycles. The van der Waals surface area contributed by atoms with Crippen LogP contribution in [0, 0.1) is 0 Å². The van der Waals surface area contributed by atoms with Gasteiger partial charge in [-0.05, 0) is 40.4 Å². The van der Waals surface area contributed by atoms with E-state index in [1.807, 2.05) is 6.07 Å². The largest absolute Gasteiger partial charge is 0.327 e. The van der Waals surface area contributed by atoms with Crippen LogP contribution in [0.25, 0.3) is 0 Å². The van der Waals surface area contributed by atoms with Crippen molar-refractivity contribution in [1.82, 2.24) is 5.32 Å². The summed E-state index contributed by atoms with van der Waals surface area (Å²) in [5, 5.41) is 5.52. The summed E-state index contributed by atoms with van der Waals surface area (Å²) in [5.74, 6) is 0. The Morgan fingerprint density at radius 3 is 2.74 bits per heavy atom. The van der Waals surface area contributed by atoms with Crippen LogP contribution in [0.5, 0.6) is 0 Å². The molecule has 0 amide bonds. The Bertz CT molecular complexity index is 484. The van der Waals surface area contributed by atoms with E-state index in [1.165, 1.54) is 10.4 Å². The monoisotopic (exact) mass is 338 g/mol. The highest BCUT2D eigenvalue weighted by atomic mass is 79.9. The first-order valence-electron chi connectivity index (χ1n) is 6.47. The third-order valence-corrected chi connectivity index (χ3v) is 4.67. The molecule has 0 fully saturated rings. The van der Waals surface area contributed by atoms with Crippen LogP contribution in [0.4, 0.5) is 0 Å². The van der Waals surface area contributed by atoms with Crippen molar-refractivity contribution < 1.29 is 0 Å². The predicted molar refractivity (Wildman–Crippen MR) is 86.5 cm³/mol. The van der Waals surface area contributed by atoms with Crippen LogP contribution in [0.2, 0.25) is 0 Å². The Balaban J connectivity index is 1.63. The van der Waals surface area contributed by atoms with Crippen molar-refractivity contribution in [1.29, 1.82) is 0 Å². The Morgan fingerprint density at radius 1 is 1.26 bits per heavy atom. The lowest BCUT2D eigenvalue weighted by molar-refractivity contribution is 0.546. The summed E-state index contributed by atoms with van der Waals surface area (Å²) in [6, 6.07) is 12.9. The second-order valence-corrected chi connectivity index (χ2v) is 6.56. The summed E-state index contributed by atoms with van der Waals surface area (Å²) >= 11 is 5.22. The standard InChI is InChI=1S/C15H19BrN2S/c16-13-8-15(19-11-13)10-18-9-14(17)7-6-12-4-2-1-3-5-12/h1-5,8,11,14,18H,6-7,9-10,17H2. The number of thiophene rings is 1. The van der Waals surface area contributed by atoms with E-state index in [0.29, 0.717) is 0 Å². The van der Waals surface area contributed by atoms with Gasteiger partial charge in [-0.2, -0.15) is 0 Å². The highest BCUT2D eigenvalue weighted by molar-refractivity contribution is 9.10. The van der Waals surface area contributed by atoms with Gasteiger partial charge in [0.05, 0.1) is 0 Å². The van der Waals surface area contributed by atoms with Crippen molar-refractivity contribution >= 4 is 27.3 Å².